The minimum absolute atomic E-state index is 0.0182. The molecule has 1 aromatic carbocycles. The first-order valence-corrected chi connectivity index (χ1v) is 8.87. The number of carbonyl (C=O) groups is 1. The molecule has 2 saturated heterocycles. The van der Waals surface area contributed by atoms with Crippen LogP contribution in [-0.4, -0.2) is 84.2 Å². The van der Waals surface area contributed by atoms with Gasteiger partial charge in [0.2, 0.25) is 5.91 Å². The van der Waals surface area contributed by atoms with E-state index in [2.05, 4.69) is 16.8 Å². The van der Waals surface area contributed by atoms with E-state index in [4.69, 9.17) is 0 Å². The zero-order valence-corrected chi connectivity index (χ0v) is 14.8. The van der Waals surface area contributed by atoms with E-state index in [1.807, 2.05) is 0 Å². The molecule has 1 amide bonds. The highest BCUT2D eigenvalue weighted by Crippen LogP contribution is 2.21. The second-order valence-electron chi connectivity index (χ2n) is 7.10. The van der Waals surface area contributed by atoms with Crippen LogP contribution >= 0.6 is 0 Å². The number of piperazine rings is 1. The smallest absolute Gasteiger partial charge is 0.227 e. The van der Waals surface area contributed by atoms with Crippen molar-refractivity contribution >= 4 is 5.91 Å². The number of piperidine rings is 1. The third kappa shape index (κ3) is 4.02. The first-order valence-electron chi connectivity index (χ1n) is 8.87. The van der Waals surface area contributed by atoms with E-state index in [0.29, 0.717) is 19.0 Å². The second-order valence-corrected chi connectivity index (χ2v) is 7.10. The van der Waals surface area contributed by atoms with Gasteiger partial charge in [-0.25, -0.2) is 13.2 Å². The fourth-order valence-corrected chi connectivity index (χ4v) is 3.72. The first-order chi connectivity index (χ1) is 12.4. The molecule has 8 heteroatoms. The van der Waals surface area contributed by atoms with Crippen LogP contribution < -0.4 is 0 Å². The van der Waals surface area contributed by atoms with Crippen molar-refractivity contribution in [2.24, 2.45) is 0 Å². The SMILES string of the molecule is CN1CCN([C@@H]2CCN(C(=O)Cc3c(F)ccc(F)c3F)C[C@H]2O)CC1. The van der Waals surface area contributed by atoms with Gasteiger partial charge in [0.05, 0.1) is 12.5 Å². The van der Waals surface area contributed by atoms with Gasteiger partial charge >= 0.3 is 0 Å². The fourth-order valence-electron chi connectivity index (χ4n) is 3.72. The molecule has 2 fully saturated rings. The number of halogens is 3. The van der Waals surface area contributed by atoms with Gasteiger partial charge in [-0.2, -0.15) is 0 Å². The lowest BCUT2D eigenvalue weighted by Crippen LogP contribution is -2.59. The maximum absolute atomic E-state index is 13.8. The van der Waals surface area contributed by atoms with E-state index in [9.17, 15) is 23.1 Å². The Hall–Kier alpha value is -1.64. The predicted octanol–water partition coefficient (Wildman–Crippen LogP) is 0.856. The molecule has 144 valence electrons. The Morgan fingerprint density at radius 2 is 1.77 bits per heavy atom. The maximum atomic E-state index is 13.8. The largest absolute Gasteiger partial charge is 0.390 e. The molecule has 3 rings (SSSR count). The molecule has 0 unspecified atom stereocenters. The van der Waals surface area contributed by atoms with Gasteiger partial charge in [0.1, 0.15) is 5.82 Å². The molecule has 2 atom stereocenters. The Balaban J connectivity index is 1.60. The van der Waals surface area contributed by atoms with Crippen LogP contribution in [0.25, 0.3) is 0 Å². The zero-order valence-electron chi connectivity index (χ0n) is 14.8. The van der Waals surface area contributed by atoms with E-state index in [-0.39, 0.29) is 12.6 Å². The van der Waals surface area contributed by atoms with Crippen LogP contribution in [0.1, 0.15) is 12.0 Å². The number of aliphatic hydroxyl groups is 1. The van der Waals surface area contributed by atoms with Crippen LogP contribution in [-0.2, 0) is 11.2 Å². The number of carbonyl (C=O) groups excluding carboxylic acids is 1. The summed E-state index contributed by atoms with van der Waals surface area (Å²) in [5, 5.41) is 10.5. The highest BCUT2D eigenvalue weighted by molar-refractivity contribution is 5.79. The minimum Gasteiger partial charge on any atom is -0.390 e. The number of amides is 1. The summed E-state index contributed by atoms with van der Waals surface area (Å²) < 4.78 is 40.8. The Morgan fingerprint density at radius 1 is 1.12 bits per heavy atom. The number of nitrogens with zero attached hydrogens (tertiary/aromatic N) is 3. The summed E-state index contributed by atoms with van der Waals surface area (Å²) in [6.45, 7) is 4.13. The van der Waals surface area contributed by atoms with Crippen LogP contribution in [0, 0.1) is 17.5 Å². The van der Waals surface area contributed by atoms with Gasteiger partial charge in [-0.3, -0.25) is 9.69 Å². The number of likely N-dealkylation sites (N-methyl/N-ethyl adjacent to an activating group) is 1. The van der Waals surface area contributed by atoms with Crippen molar-refractivity contribution in [1.82, 2.24) is 14.7 Å². The van der Waals surface area contributed by atoms with Crippen molar-refractivity contribution in [3.8, 4) is 0 Å². The summed E-state index contributed by atoms with van der Waals surface area (Å²) in [5.74, 6) is -3.95. The van der Waals surface area contributed by atoms with Crippen molar-refractivity contribution in [3.63, 3.8) is 0 Å². The van der Waals surface area contributed by atoms with Crippen LogP contribution in [0.5, 0.6) is 0 Å². The molecular weight excluding hydrogens is 347 g/mol. The summed E-state index contributed by atoms with van der Waals surface area (Å²) in [4.78, 5) is 18.3. The normalized spacial score (nSPS) is 25.5. The molecule has 2 aliphatic heterocycles. The van der Waals surface area contributed by atoms with Crippen molar-refractivity contribution in [2.75, 3.05) is 46.3 Å². The number of likely N-dealkylation sites (tertiary alicyclic amines) is 1. The summed E-state index contributed by atoms with van der Waals surface area (Å²) in [6, 6.07) is 1.50. The predicted molar refractivity (Wildman–Crippen MR) is 90.1 cm³/mol. The van der Waals surface area contributed by atoms with Crippen molar-refractivity contribution in [3.05, 3.63) is 35.1 Å². The van der Waals surface area contributed by atoms with Gasteiger partial charge in [0.15, 0.2) is 11.6 Å². The van der Waals surface area contributed by atoms with E-state index in [0.717, 1.165) is 32.2 Å². The summed E-state index contributed by atoms with van der Waals surface area (Å²) in [6.07, 6.45) is -0.662. The van der Waals surface area contributed by atoms with E-state index in [1.54, 1.807) is 0 Å². The lowest BCUT2D eigenvalue weighted by atomic mass is 9.98. The van der Waals surface area contributed by atoms with Gasteiger partial charge in [-0.15, -0.1) is 0 Å². The number of hydrogen-bond donors (Lipinski definition) is 1. The molecular formula is C18H24F3N3O2. The van der Waals surface area contributed by atoms with Gasteiger partial charge in [0, 0.05) is 50.9 Å². The van der Waals surface area contributed by atoms with Crippen LogP contribution in [0.15, 0.2) is 12.1 Å². The lowest BCUT2D eigenvalue weighted by molar-refractivity contribution is -0.136. The summed E-state index contributed by atoms with van der Waals surface area (Å²) in [7, 11) is 2.06. The number of benzene rings is 1. The average Bonchev–Trinajstić information content (AvgIpc) is 2.62. The number of hydrogen-bond acceptors (Lipinski definition) is 4. The quantitative estimate of drug-likeness (QED) is 0.801. The van der Waals surface area contributed by atoms with Gasteiger partial charge in [-0.05, 0) is 25.6 Å². The Bertz CT molecular complexity index is 665. The minimum atomic E-state index is -1.33. The Kier molecular flexibility index (Phi) is 5.84. The van der Waals surface area contributed by atoms with Crippen LogP contribution in [0.4, 0.5) is 13.2 Å². The molecule has 0 spiro atoms. The average molecular weight is 371 g/mol. The standard InChI is InChI=1S/C18H24F3N3O2/c1-22-6-8-23(9-7-22)15-4-5-24(11-16(15)25)17(26)10-12-13(19)2-3-14(20)18(12)21/h2-3,15-16,25H,4-11H2,1H3/t15-,16-/m1/s1. The maximum Gasteiger partial charge on any atom is 0.227 e. The van der Waals surface area contributed by atoms with Crippen LogP contribution in [0.3, 0.4) is 0 Å². The third-order valence-corrected chi connectivity index (χ3v) is 5.37. The monoisotopic (exact) mass is 371 g/mol. The molecule has 1 aromatic rings. The molecule has 1 N–H and O–H groups in total. The zero-order chi connectivity index (χ0) is 18.8. The molecule has 26 heavy (non-hydrogen) atoms. The Labute approximate surface area is 151 Å². The van der Waals surface area contributed by atoms with Crippen molar-refractivity contribution < 1.29 is 23.1 Å². The van der Waals surface area contributed by atoms with Gasteiger partial charge in [0.25, 0.3) is 0 Å². The van der Waals surface area contributed by atoms with Crippen molar-refractivity contribution in [1.29, 1.82) is 0 Å². The first kappa shape index (κ1) is 19.1. The fraction of sp³-hybridized carbons (Fsp3) is 0.611. The van der Waals surface area contributed by atoms with Gasteiger partial charge in [-0.1, -0.05) is 0 Å². The molecule has 0 radical (unpaired) electrons. The molecule has 5 nitrogen and oxygen atoms in total. The molecule has 0 saturated carbocycles. The van der Waals surface area contributed by atoms with Crippen LogP contribution in [0.2, 0.25) is 0 Å². The molecule has 0 aromatic heterocycles. The summed E-state index contributed by atoms with van der Waals surface area (Å²) in [5.41, 5.74) is -0.564. The molecule has 0 aliphatic carbocycles. The Morgan fingerprint density at radius 3 is 2.42 bits per heavy atom. The number of β-amino-alcohol motifs (C(OH)–C–C–N with tert-alkyl or cyclic N) is 1. The second kappa shape index (κ2) is 7.94. The highest BCUT2D eigenvalue weighted by Gasteiger charge is 2.35. The van der Waals surface area contributed by atoms with E-state index >= 15 is 0 Å². The third-order valence-electron chi connectivity index (χ3n) is 5.37. The van der Waals surface area contributed by atoms with Crippen molar-refractivity contribution in [2.45, 2.75) is 25.0 Å². The lowest BCUT2D eigenvalue weighted by Gasteiger charge is -2.44. The van der Waals surface area contributed by atoms with Gasteiger partial charge < -0.3 is 14.9 Å². The highest BCUT2D eigenvalue weighted by atomic mass is 19.2. The topological polar surface area (TPSA) is 47.0 Å². The molecule has 2 aliphatic rings. The number of aliphatic hydroxyl groups excluding tert-OH is 1. The molecule has 2 heterocycles. The molecule has 0 bridgehead atoms. The summed E-state index contributed by atoms with van der Waals surface area (Å²) >= 11 is 0. The van der Waals surface area contributed by atoms with E-state index < -0.39 is 41.4 Å². The number of rotatable bonds is 3. The van der Waals surface area contributed by atoms with E-state index in [1.165, 1.54) is 4.90 Å².